The first kappa shape index (κ1) is 15.4. The van der Waals surface area contributed by atoms with Crippen LogP contribution in [0.5, 0.6) is 0 Å². The van der Waals surface area contributed by atoms with Gasteiger partial charge >= 0.3 is 6.03 Å². The minimum atomic E-state index is -0.307. The van der Waals surface area contributed by atoms with Crippen LogP contribution in [0.15, 0.2) is 18.3 Å². The van der Waals surface area contributed by atoms with E-state index in [1.54, 1.807) is 12.1 Å². The molecular formula is C14H17N7O. The first-order valence-corrected chi connectivity index (χ1v) is 6.87. The van der Waals surface area contributed by atoms with E-state index in [1.807, 2.05) is 24.6 Å². The van der Waals surface area contributed by atoms with Gasteiger partial charge in [-0.05, 0) is 32.4 Å². The van der Waals surface area contributed by atoms with Crippen LogP contribution in [-0.4, -0.2) is 32.3 Å². The molecule has 8 heteroatoms. The maximum Gasteiger partial charge on any atom is 0.319 e. The maximum absolute atomic E-state index is 11.7. The van der Waals surface area contributed by atoms with Gasteiger partial charge in [-0.25, -0.2) is 14.8 Å². The zero-order valence-corrected chi connectivity index (χ0v) is 12.5. The van der Waals surface area contributed by atoms with Crippen molar-refractivity contribution in [2.24, 2.45) is 0 Å². The highest BCUT2D eigenvalue weighted by atomic mass is 16.2. The molecule has 2 amide bonds. The number of carbonyl (C=O) groups excluding carboxylic acids is 1. The highest BCUT2D eigenvalue weighted by Crippen LogP contribution is 2.05. The molecule has 0 saturated heterocycles. The molecule has 2 rings (SSSR count). The minimum Gasteiger partial charge on any atom is -0.338 e. The lowest BCUT2D eigenvalue weighted by molar-refractivity contribution is 0.251. The SMILES string of the molecule is Cc1nc(C)n(CCCNC(=O)Nc2ccc(C#N)nc2)n1. The average molecular weight is 299 g/mol. The Morgan fingerprint density at radius 1 is 1.41 bits per heavy atom. The van der Waals surface area contributed by atoms with Crippen LogP contribution in [0, 0.1) is 25.2 Å². The maximum atomic E-state index is 11.7. The third-order valence-electron chi connectivity index (χ3n) is 2.93. The van der Waals surface area contributed by atoms with Crippen LogP contribution in [0.4, 0.5) is 10.5 Å². The van der Waals surface area contributed by atoms with Crippen molar-refractivity contribution in [3.8, 4) is 6.07 Å². The molecule has 22 heavy (non-hydrogen) atoms. The molecule has 0 unspecified atom stereocenters. The van der Waals surface area contributed by atoms with Crippen LogP contribution >= 0.6 is 0 Å². The number of hydrogen-bond donors (Lipinski definition) is 2. The van der Waals surface area contributed by atoms with E-state index >= 15 is 0 Å². The van der Waals surface area contributed by atoms with E-state index in [2.05, 4.69) is 25.7 Å². The fourth-order valence-corrected chi connectivity index (χ4v) is 1.91. The van der Waals surface area contributed by atoms with Crippen LogP contribution in [0.25, 0.3) is 0 Å². The number of pyridine rings is 1. The number of amides is 2. The van der Waals surface area contributed by atoms with Crippen molar-refractivity contribution < 1.29 is 4.79 Å². The standard InChI is InChI=1S/C14H17N7O/c1-10-18-11(2)21(20-10)7-3-6-16-14(22)19-13-5-4-12(8-15)17-9-13/h4-5,9H,3,6-7H2,1-2H3,(H2,16,19,22). The summed E-state index contributed by atoms with van der Waals surface area (Å²) in [6.45, 7) is 4.97. The summed E-state index contributed by atoms with van der Waals surface area (Å²) in [5.74, 6) is 1.61. The van der Waals surface area contributed by atoms with Gasteiger partial charge in [0.15, 0.2) is 0 Å². The molecule has 2 aromatic rings. The molecule has 8 nitrogen and oxygen atoms in total. The number of aryl methyl sites for hydroxylation is 3. The predicted molar refractivity (Wildman–Crippen MR) is 80.1 cm³/mol. The lowest BCUT2D eigenvalue weighted by atomic mass is 10.3. The number of aromatic nitrogens is 4. The van der Waals surface area contributed by atoms with Crippen LogP contribution in [0.3, 0.4) is 0 Å². The molecule has 0 atom stereocenters. The van der Waals surface area contributed by atoms with E-state index in [4.69, 9.17) is 5.26 Å². The number of urea groups is 1. The normalized spacial score (nSPS) is 10.0. The number of rotatable bonds is 5. The van der Waals surface area contributed by atoms with Crippen molar-refractivity contribution in [1.29, 1.82) is 5.26 Å². The molecule has 0 aliphatic rings. The molecule has 0 saturated carbocycles. The molecular weight excluding hydrogens is 282 g/mol. The van der Waals surface area contributed by atoms with E-state index in [0.29, 0.717) is 24.5 Å². The third kappa shape index (κ3) is 4.28. The Kier molecular flexibility index (Phi) is 5.03. The second kappa shape index (κ2) is 7.17. The Balaban J connectivity index is 1.71. The second-order valence-electron chi connectivity index (χ2n) is 4.71. The summed E-state index contributed by atoms with van der Waals surface area (Å²) < 4.78 is 1.82. The van der Waals surface area contributed by atoms with E-state index < -0.39 is 0 Å². The molecule has 0 fully saturated rings. The fraction of sp³-hybridized carbons (Fsp3) is 0.357. The Bertz CT molecular complexity index is 684. The van der Waals surface area contributed by atoms with Crippen molar-refractivity contribution in [1.82, 2.24) is 25.1 Å². The van der Waals surface area contributed by atoms with Gasteiger partial charge in [0.2, 0.25) is 0 Å². The van der Waals surface area contributed by atoms with Gasteiger partial charge in [-0.3, -0.25) is 4.68 Å². The van der Waals surface area contributed by atoms with Crippen molar-refractivity contribution in [3.05, 3.63) is 35.7 Å². The Morgan fingerprint density at radius 2 is 2.23 bits per heavy atom. The lowest BCUT2D eigenvalue weighted by Crippen LogP contribution is -2.30. The van der Waals surface area contributed by atoms with Crippen molar-refractivity contribution in [2.45, 2.75) is 26.8 Å². The molecule has 114 valence electrons. The predicted octanol–water partition coefficient (Wildman–Crippen LogP) is 1.37. The van der Waals surface area contributed by atoms with Crippen molar-refractivity contribution in [3.63, 3.8) is 0 Å². The minimum absolute atomic E-state index is 0.307. The summed E-state index contributed by atoms with van der Waals surface area (Å²) in [7, 11) is 0. The number of nitrogens with one attached hydrogen (secondary N) is 2. The van der Waals surface area contributed by atoms with Crippen LogP contribution in [-0.2, 0) is 6.54 Å². The molecule has 2 heterocycles. The zero-order valence-electron chi connectivity index (χ0n) is 12.5. The first-order valence-electron chi connectivity index (χ1n) is 6.87. The van der Waals surface area contributed by atoms with E-state index in [0.717, 1.165) is 18.1 Å². The average Bonchev–Trinajstić information content (AvgIpc) is 2.82. The smallest absolute Gasteiger partial charge is 0.319 e. The number of nitrogens with zero attached hydrogens (tertiary/aromatic N) is 5. The molecule has 0 bridgehead atoms. The van der Waals surface area contributed by atoms with Gasteiger partial charge in [0, 0.05) is 13.1 Å². The second-order valence-corrected chi connectivity index (χ2v) is 4.71. The number of nitriles is 1. The Hall–Kier alpha value is -2.95. The monoisotopic (exact) mass is 299 g/mol. The summed E-state index contributed by atoms with van der Waals surface area (Å²) in [5.41, 5.74) is 0.851. The Morgan fingerprint density at radius 3 is 2.82 bits per heavy atom. The van der Waals surface area contributed by atoms with Gasteiger partial charge in [-0.15, -0.1) is 0 Å². The van der Waals surface area contributed by atoms with E-state index in [-0.39, 0.29) is 6.03 Å². The topological polar surface area (TPSA) is 109 Å². The zero-order chi connectivity index (χ0) is 15.9. The largest absolute Gasteiger partial charge is 0.338 e. The fourth-order valence-electron chi connectivity index (χ4n) is 1.91. The Labute approximate surface area is 128 Å². The number of anilines is 1. The van der Waals surface area contributed by atoms with Crippen molar-refractivity contribution >= 4 is 11.7 Å². The van der Waals surface area contributed by atoms with Gasteiger partial charge in [0.1, 0.15) is 23.4 Å². The molecule has 0 aliphatic carbocycles. The third-order valence-corrected chi connectivity index (χ3v) is 2.93. The molecule has 0 aliphatic heterocycles. The molecule has 0 spiro atoms. The quantitative estimate of drug-likeness (QED) is 0.811. The molecule has 0 radical (unpaired) electrons. The number of carbonyl (C=O) groups is 1. The summed E-state index contributed by atoms with van der Waals surface area (Å²) >= 11 is 0. The molecule has 0 aromatic carbocycles. The van der Waals surface area contributed by atoms with E-state index in [1.165, 1.54) is 6.20 Å². The summed E-state index contributed by atoms with van der Waals surface area (Å²) in [4.78, 5) is 19.8. The highest BCUT2D eigenvalue weighted by Gasteiger charge is 2.04. The van der Waals surface area contributed by atoms with Gasteiger partial charge in [0.05, 0.1) is 11.9 Å². The summed E-state index contributed by atoms with van der Waals surface area (Å²) in [6, 6.07) is 4.79. The van der Waals surface area contributed by atoms with Crippen LogP contribution in [0.1, 0.15) is 23.8 Å². The highest BCUT2D eigenvalue weighted by molar-refractivity contribution is 5.88. The lowest BCUT2D eigenvalue weighted by Gasteiger charge is -2.07. The summed E-state index contributed by atoms with van der Waals surface area (Å²) in [6.07, 6.45) is 2.20. The van der Waals surface area contributed by atoms with Gasteiger partial charge in [-0.2, -0.15) is 10.4 Å². The van der Waals surface area contributed by atoms with Gasteiger partial charge < -0.3 is 10.6 Å². The summed E-state index contributed by atoms with van der Waals surface area (Å²) in [5, 5.41) is 18.3. The molecule has 2 aromatic heterocycles. The van der Waals surface area contributed by atoms with Crippen molar-refractivity contribution in [2.75, 3.05) is 11.9 Å². The first-order chi connectivity index (χ1) is 10.6. The molecule has 2 N–H and O–H groups in total. The van der Waals surface area contributed by atoms with Crippen LogP contribution in [0.2, 0.25) is 0 Å². The number of hydrogen-bond acceptors (Lipinski definition) is 5. The van der Waals surface area contributed by atoms with Gasteiger partial charge in [-0.1, -0.05) is 0 Å². The van der Waals surface area contributed by atoms with E-state index in [9.17, 15) is 4.79 Å². The van der Waals surface area contributed by atoms with Gasteiger partial charge in [0.25, 0.3) is 0 Å². The van der Waals surface area contributed by atoms with Crippen LogP contribution < -0.4 is 10.6 Å².